The molecule has 1 amide bonds. The van der Waals surface area contributed by atoms with Gasteiger partial charge in [-0.15, -0.1) is 0 Å². The van der Waals surface area contributed by atoms with Crippen molar-refractivity contribution in [2.24, 2.45) is 0 Å². The average Bonchev–Trinajstić information content (AvgIpc) is 3.82. The molecule has 0 radical (unpaired) electrons. The standard InChI is InChI=1S/C37H31F3N6O4S/c1-41-37(47)34-25-15-24(30(44(2)51(3,48)49)17-32(25)50-36(34)20-7-9-21(38)10-8-20)27-11-12-28-35(43-27)31-16-23-26(40)5-4-6-29(23)46(31)33(42-28)19-45-14-13-22(39)18-45/h4-12,15-17,22H,13-14,18-19H2,1-3H3,(H,41,47). The first kappa shape index (κ1) is 32.7. The highest BCUT2D eigenvalue weighted by Crippen LogP contribution is 2.41. The summed E-state index contributed by atoms with van der Waals surface area (Å²) in [7, 11) is -0.925. The van der Waals surface area contributed by atoms with E-state index in [1.807, 2.05) is 9.30 Å². The number of amides is 1. The van der Waals surface area contributed by atoms with Crippen LogP contribution in [0.2, 0.25) is 0 Å². The fraction of sp³-hybridized carbons (Fsp3) is 0.216. The molecule has 0 aliphatic carbocycles. The Morgan fingerprint density at radius 2 is 1.80 bits per heavy atom. The number of alkyl halides is 1. The molecule has 260 valence electrons. The Morgan fingerprint density at radius 1 is 1.02 bits per heavy atom. The van der Waals surface area contributed by atoms with E-state index in [9.17, 15) is 22.0 Å². The fourth-order valence-electron chi connectivity index (χ4n) is 6.88. The first-order chi connectivity index (χ1) is 24.4. The number of halogens is 3. The average molecular weight is 713 g/mol. The first-order valence-electron chi connectivity index (χ1n) is 16.2. The summed E-state index contributed by atoms with van der Waals surface area (Å²) < 4.78 is 78.2. The second-order valence-corrected chi connectivity index (χ2v) is 14.8. The Balaban J connectivity index is 1.39. The summed E-state index contributed by atoms with van der Waals surface area (Å²) in [6.45, 7) is 1.19. The lowest BCUT2D eigenvalue weighted by atomic mass is 10.0. The molecule has 0 saturated carbocycles. The largest absolute Gasteiger partial charge is 0.455 e. The number of aromatic nitrogens is 3. The summed E-state index contributed by atoms with van der Waals surface area (Å²) in [4.78, 5) is 25.3. The van der Waals surface area contributed by atoms with Crippen molar-refractivity contribution in [3.05, 3.63) is 95.8 Å². The Morgan fingerprint density at radius 3 is 2.51 bits per heavy atom. The van der Waals surface area contributed by atoms with Gasteiger partial charge in [0.1, 0.15) is 40.5 Å². The molecule has 5 heterocycles. The number of furan rings is 1. The van der Waals surface area contributed by atoms with Crippen LogP contribution in [0.1, 0.15) is 22.6 Å². The van der Waals surface area contributed by atoms with Crippen LogP contribution < -0.4 is 9.62 Å². The van der Waals surface area contributed by atoms with E-state index in [0.29, 0.717) is 75.0 Å². The maximum absolute atomic E-state index is 15.2. The van der Waals surface area contributed by atoms with Crippen molar-refractivity contribution in [3.8, 4) is 22.6 Å². The van der Waals surface area contributed by atoms with Gasteiger partial charge in [0, 0.05) is 55.2 Å². The molecular weight excluding hydrogens is 682 g/mol. The minimum Gasteiger partial charge on any atom is -0.455 e. The van der Waals surface area contributed by atoms with Crippen LogP contribution in [0.3, 0.4) is 0 Å². The zero-order valence-corrected chi connectivity index (χ0v) is 28.6. The van der Waals surface area contributed by atoms with Gasteiger partial charge in [-0.1, -0.05) is 6.07 Å². The number of fused-ring (bicyclic) bond motifs is 6. The van der Waals surface area contributed by atoms with Gasteiger partial charge in [0.2, 0.25) is 10.0 Å². The summed E-state index contributed by atoms with van der Waals surface area (Å²) in [5.74, 6) is -0.567. The van der Waals surface area contributed by atoms with E-state index >= 15 is 4.39 Å². The molecule has 1 saturated heterocycles. The summed E-state index contributed by atoms with van der Waals surface area (Å²) in [5.41, 5.74) is 3.87. The summed E-state index contributed by atoms with van der Waals surface area (Å²) in [6, 6.07) is 18.6. The minimum absolute atomic E-state index is 0.175. The molecule has 0 bridgehead atoms. The van der Waals surface area contributed by atoms with Gasteiger partial charge in [-0.3, -0.25) is 18.4 Å². The van der Waals surface area contributed by atoms with Crippen molar-refractivity contribution in [1.82, 2.24) is 24.6 Å². The number of rotatable bonds is 7. The van der Waals surface area contributed by atoms with Gasteiger partial charge in [0.15, 0.2) is 0 Å². The van der Waals surface area contributed by atoms with Gasteiger partial charge in [-0.05, 0) is 67.1 Å². The molecule has 1 aliphatic heterocycles. The second-order valence-electron chi connectivity index (χ2n) is 12.7. The lowest BCUT2D eigenvalue weighted by Crippen LogP contribution is -2.25. The molecule has 0 spiro atoms. The number of nitrogens with one attached hydrogen (secondary N) is 1. The molecule has 51 heavy (non-hydrogen) atoms. The van der Waals surface area contributed by atoms with Crippen molar-refractivity contribution < 1.29 is 30.8 Å². The van der Waals surface area contributed by atoms with Gasteiger partial charge in [-0.25, -0.2) is 31.6 Å². The number of benzene rings is 3. The van der Waals surface area contributed by atoms with E-state index < -0.39 is 33.7 Å². The third-order valence-corrected chi connectivity index (χ3v) is 10.7. The highest BCUT2D eigenvalue weighted by molar-refractivity contribution is 7.92. The van der Waals surface area contributed by atoms with Crippen molar-refractivity contribution >= 4 is 60.0 Å². The van der Waals surface area contributed by atoms with Gasteiger partial charge in [-0.2, -0.15) is 0 Å². The van der Waals surface area contributed by atoms with Crippen molar-refractivity contribution in [2.75, 3.05) is 37.7 Å². The van der Waals surface area contributed by atoms with E-state index in [0.717, 1.165) is 10.6 Å². The number of carbonyl (C=O) groups is 1. The third-order valence-electron chi connectivity index (χ3n) is 9.48. The molecule has 1 unspecified atom stereocenters. The Hall–Kier alpha value is -5.47. The maximum Gasteiger partial charge on any atom is 0.255 e. The first-order valence-corrected chi connectivity index (χ1v) is 18.0. The van der Waals surface area contributed by atoms with Gasteiger partial charge >= 0.3 is 0 Å². The number of hydrogen-bond donors (Lipinski definition) is 1. The van der Waals surface area contributed by atoms with Crippen LogP contribution in [0.4, 0.5) is 18.9 Å². The summed E-state index contributed by atoms with van der Waals surface area (Å²) >= 11 is 0. The molecular formula is C37H31F3N6O4S. The third kappa shape index (κ3) is 5.54. The van der Waals surface area contributed by atoms with Crippen molar-refractivity contribution in [3.63, 3.8) is 0 Å². The van der Waals surface area contributed by atoms with Crippen LogP contribution in [-0.4, -0.2) is 73.2 Å². The maximum atomic E-state index is 15.2. The number of sulfonamides is 1. The molecule has 10 nitrogen and oxygen atoms in total. The number of pyridine rings is 1. The zero-order chi connectivity index (χ0) is 35.8. The van der Waals surface area contributed by atoms with E-state index in [2.05, 4.69) is 5.32 Å². The number of nitrogens with zero attached hydrogens (tertiary/aromatic N) is 5. The molecule has 8 rings (SSSR count). The van der Waals surface area contributed by atoms with Crippen LogP contribution in [0.5, 0.6) is 0 Å². The predicted octanol–water partition coefficient (Wildman–Crippen LogP) is 6.69. The van der Waals surface area contributed by atoms with Gasteiger partial charge in [0.05, 0.1) is 46.3 Å². The van der Waals surface area contributed by atoms with Crippen molar-refractivity contribution in [1.29, 1.82) is 0 Å². The lowest BCUT2D eigenvalue weighted by molar-refractivity contribution is 0.0964. The molecule has 7 aromatic rings. The molecule has 4 aromatic heterocycles. The Labute approximate surface area is 290 Å². The molecule has 1 aliphatic rings. The molecule has 3 aromatic carbocycles. The Bertz CT molecular complexity index is 2660. The second kappa shape index (κ2) is 12.1. The van der Waals surface area contributed by atoms with Crippen LogP contribution in [0.25, 0.3) is 61.0 Å². The smallest absolute Gasteiger partial charge is 0.255 e. The number of carbonyl (C=O) groups excluding carboxylic acids is 1. The van der Waals surface area contributed by atoms with E-state index in [-0.39, 0.29) is 29.1 Å². The number of hydrogen-bond acceptors (Lipinski definition) is 7. The topological polar surface area (TPSA) is 113 Å². The molecule has 1 atom stereocenters. The summed E-state index contributed by atoms with van der Waals surface area (Å²) in [6.07, 6.45) is 0.575. The fourth-order valence-corrected chi connectivity index (χ4v) is 7.39. The SMILES string of the molecule is CNC(=O)c1c(-c2ccc(F)cc2)oc2cc(N(C)S(C)(=O)=O)c(-c3ccc4nc(CN5CCC(F)C5)n5c6cccc(F)c6cc5c4n3)cc12. The minimum atomic E-state index is -3.80. The summed E-state index contributed by atoms with van der Waals surface area (Å²) in [5, 5.41) is 3.38. The zero-order valence-electron chi connectivity index (χ0n) is 27.7. The highest BCUT2D eigenvalue weighted by Gasteiger charge is 2.28. The number of likely N-dealkylation sites (tertiary alicyclic amines) is 1. The predicted molar refractivity (Wildman–Crippen MR) is 190 cm³/mol. The van der Waals surface area contributed by atoms with Crippen LogP contribution in [0, 0.1) is 11.6 Å². The highest BCUT2D eigenvalue weighted by atomic mass is 32.2. The molecule has 1 fully saturated rings. The molecule has 14 heteroatoms. The number of anilines is 1. The van der Waals surface area contributed by atoms with E-state index in [1.54, 1.807) is 36.4 Å². The normalized spacial score (nSPS) is 15.5. The van der Waals surface area contributed by atoms with E-state index in [1.165, 1.54) is 50.5 Å². The van der Waals surface area contributed by atoms with Gasteiger partial charge in [0.25, 0.3) is 5.91 Å². The Kier molecular flexibility index (Phi) is 7.76. The quantitative estimate of drug-likeness (QED) is 0.196. The van der Waals surface area contributed by atoms with Crippen LogP contribution in [-0.2, 0) is 16.6 Å². The van der Waals surface area contributed by atoms with Crippen LogP contribution in [0.15, 0.2) is 77.2 Å². The van der Waals surface area contributed by atoms with Crippen molar-refractivity contribution in [2.45, 2.75) is 19.1 Å². The monoisotopic (exact) mass is 712 g/mol. The molecule has 1 N–H and O–H groups in total. The van der Waals surface area contributed by atoms with Gasteiger partial charge < -0.3 is 9.73 Å². The lowest BCUT2D eigenvalue weighted by Gasteiger charge is -2.21. The van der Waals surface area contributed by atoms with E-state index in [4.69, 9.17) is 14.4 Å². The van der Waals surface area contributed by atoms with Crippen LogP contribution >= 0.6 is 0 Å².